The number of anilines is 2. The van der Waals surface area contributed by atoms with E-state index in [-0.39, 0.29) is 39.5 Å². The summed E-state index contributed by atoms with van der Waals surface area (Å²) < 4.78 is 47.0. The number of hydrogen-bond donors (Lipinski definition) is 2. The lowest BCUT2D eigenvalue weighted by Crippen LogP contribution is -2.46. The predicted molar refractivity (Wildman–Crippen MR) is 159 cm³/mol. The first-order valence-corrected chi connectivity index (χ1v) is 15.0. The molecule has 0 saturated carbocycles. The van der Waals surface area contributed by atoms with E-state index in [1.807, 2.05) is 20.8 Å². The fourth-order valence-electron chi connectivity index (χ4n) is 4.18. The highest BCUT2D eigenvalue weighted by atomic mass is 32.2. The van der Waals surface area contributed by atoms with Crippen molar-refractivity contribution in [1.82, 2.24) is 14.9 Å². The van der Waals surface area contributed by atoms with Gasteiger partial charge in [-0.3, -0.25) is 9.52 Å². The van der Waals surface area contributed by atoms with E-state index in [1.54, 1.807) is 46.2 Å². The molecule has 1 saturated heterocycles. The number of piperazine rings is 1. The molecule has 1 aliphatic heterocycles. The van der Waals surface area contributed by atoms with Gasteiger partial charge in [0.2, 0.25) is 18.1 Å². The summed E-state index contributed by atoms with van der Waals surface area (Å²) in [5.74, 6) is -1.55. The fraction of sp³-hybridized carbons (Fsp3) is 0.379. The number of aliphatic carboxylic acids is 1. The molecule has 1 aliphatic rings. The number of carbonyl (C=O) groups is 2. The highest BCUT2D eigenvalue weighted by molar-refractivity contribution is 7.92. The maximum Gasteiger partial charge on any atom is 0.344 e. The third kappa shape index (κ3) is 7.44. The summed E-state index contributed by atoms with van der Waals surface area (Å²) in [5, 5.41) is 9.57. The molecule has 1 fully saturated rings. The first kappa shape index (κ1) is 31.3. The number of hydrogen-bond acceptors (Lipinski definition) is 10. The van der Waals surface area contributed by atoms with Gasteiger partial charge in [0.25, 0.3) is 15.9 Å². The highest BCUT2D eigenvalue weighted by Crippen LogP contribution is 2.42. The number of amides is 1. The summed E-state index contributed by atoms with van der Waals surface area (Å²) in [5.41, 5.74) is 0.761. The fourth-order valence-corrected chi connectivity index (χ4v) is 5.18. The number of ether oxygens (including phenoxy) is 3. The lowest BCUT2D eigenvalue weighted by atomic mass is 9.87. The molecule has 0 spiro atoms. The van der Waals surface area contributed by atoms with Gasteiger partial charge in [0.15, 0.2) is 23.4 Å². The van der Waals surface area contributed by atoms with Crippen LogP contribution in [0.15, 0.2) is 53.4 Å². The van der Waals surface area contributed by atoms with Crippen LogP contribution in [0.3, 0.4) is 0 Å². The van der Waals surface area contributed by atoms with E-state index in [4.69, 9.17) is 14.2 Å². The van der Waals surface area contributed by atoms with Crippen molar-refractivity contribution in [3.8, 4) is 23.1 Å². The van der Waals surface area contributed by atoms with Gasteiger partial charge in [-0.1, -0.05) is 45.0 Å². The van der Waals surface area contributed by atoms with Gasteiger partial charge in [-0.2, -0.15) is 9.97 Å². The molecule has 13 nitrogen and oxygen atoms in total. The van der Waals surface area contributed by atoms with E-state index in [1.165, 1.54) is 26.2 Å². The zero-order valence-corrected chi connectivity index (χ0v) is 25.4. The first-order valence-electron chi connectivity index (χ1n) is 13.5. The quantitative estimate of drug-likeness (QED) is 0.305. The number of para-hydroxylation sites is 2. The zero-order chi connectivity index (χ0) is 31.4. The second kappa shape index (κ2) is 12.7. The second-order valence-electron chi connectivity index (χ2n) is 10.9. The lowest BCUT2D eigenvalue weighted by Gasteiger charge is -2.33. The summed E-state index contributed by atoms with van der Waals surface area (Å²) in [6.45, 7) is 8.83. The minimum Gasteiger partial charge on any atom is -0.493 e. The smallest absolute Gasteiger partial charge is 0.344 e. The summed E-state index contributed by atoms with van der Waals surface area (Å²) in [4.78, 5) is 35.2. The van der Waals surface area contributed by atoms with Crippen LogP contribution in [-0.2, 0) is 25.0 Å². The Hall–Kier alpha value is -4.59. The van der Waals surface area contributed by atoms with Crippen LogP contribution in [0.5, 0.6) is 23.1 Å². The molecule has 2 heterocycles. The van der Waals surface area contributed by atoms with Gasteiger partial charge in [0.05, 0.1) is 12.0 Å². The Bertz CT molecular complexity index is 1570. The number of sulfonamides is 1. The van der Waals surface area contributed by atoms with E-state index in [0.29, 0.717) is 31.9 Å². The molecule has 2 aromatic carbocycles. The normalized spacial score (nSPS) is 14.5. The van der Waals surface area contributed by atoms with Crippen molar-refractivity contribution < 1.29 is 37.3 Å². The molecule has 0 aliphatic carbocycles. The van der Waals surface area contributed by atoms with Crippen molar-refractivity contribution >= 4 is 34.2 Å². The lowest BCUT2D eigenvalue weighted by molar-refractivity contribution is -0.144. The van der Waals surface area contributed by atoms with E-state index in [0.717, 1.165) is 12.0 Å². The van der Waals surface area contributed by atoms with Crippen LogP contribution in [0.25, 0.3) is 0 Å². The molecular weight excluding hydrogens is 578 g/mol. The third-order valence-corrected chi connectivity index (χ3v) is 8.10. The summed E-state index contributed by atoms with van der Waals surface area (Å²) in [6, 6.07) is 13.1. The van der Waals surface area contributed by atoms with E-state index in [2.05, 4.69) is 14.7 Å². The number of nitrogens with one attached hydrogen (secondary N) is 1. The van der Waals surface area contributed by atoms with Crippen LogP contribution < -0.4 is 23.8 Å². The van der Waals surface area contributed by atoms with Crippen LogP contribution in [-0.4, -0.2) is 80.2 Å². The Balaban J connectivity index is 1.85. The maximum absolute atomic E-state index is 13.7. The zero-order valence-electron chi connectivity index (χ0n) is 24.6. The SMILES string of the molecule is COc1ccccc1Oc1c(NS(=O)(=O)c2ccc(C(C)(C)C)cc2)nc(N2CCN(C=O)CC2)nc1OC(C)C(=O)O. The van der Waals surface area contributed by atoms with Crippen LogP contribution in [0.2, 0.25) is 0 Å². The Morgan fingerprint density at radius 3 is 2.21 bits per heavy atom. The van der Waals surface area contributed by atoms with Crippen LogP contribution in [0.4, 0.5) is 11.8 Å². The van der Waals surface area contributed by atoms with Gasteiger partial charge in [0, 0.05) is 26.2 Å². The number of methoxy groups -OCH3 is 1. The average Bonchev–Trinajstić information content (AvgIpc) is 2.98. The van der Waals surface area contributed by atoms with Crippen molar-refractivity contribution in [1.29, 1.82) is 0 Å². The number of nitrogens with zero attached hydrogens (tertiary/aromatic N) is 4. The van der Waals surface area contributed by atoms with Gasteiger partial charge in [-0.25, -0.2) is 13.2 Å². The maximum atomic E-state index is 13.7. The number of aromatic nitrogens is 2. The van der Waals surface area contributed by atoms with Gasteiger partial charge in [-0.15, -0.1) is 0 Å². The average molecular weight is 614 g/mol. The van der Waals surface area contributed by atoms with Gasteiger partial charge >= 0.3 is 5.97 Å². The standard InChI is InChI=1S/C29H35N5O8S/c1-19(27(36)37)41-26-24(42-23-9-7-6-8-22(23)40-5)25(30-28(31-26)34-16-14-33(18-35)15-17-34)32-43(38,39)21-12-10-20(11-13-21)29(2,3)4/h6-13,18-19H,14-17H2,1-5H3,(H,36,37)(H,30,31,32). The Labute approximate surface area is 250 Å². The van der Waals surface area contributed by atoms with Crippen molar-refractivity contribution in [3.05, 3.63) is 54.1 Å². The molecule has 1 unspecified atom stereocenters. The van der Waals surface area contributed by atoms with Gasteiger partial charge in [-0.05, 0) is 42.2 Å². The molecule has 0 bridgehead atoms. The van der Waals surface area contributed by atoms with E-state index in [9.17, 15) is 23.1 Å². The Morgan fingerprint density at radius 1 is 1.02 bits per heavy atom. The summed E-state index contributed by atoms with van der Waals surface area (Å²) in [6.07, 6.45) is -0.625. The van der Waals surface area contributed by atoms with Crippen molar-refractivity contribution in [2.75, 3.05) is 42.9 Å². The molecule has 1 aromatic heterocycles. The first-order chi connectivity index (χ1) is 20.3. The molecule has 1 atom stereocenters. The second-order valence-corrected chi connectivity index (χ2v) is 12.5. The summed E-state index contributed by atoms with van der Waals surface area (Å²) >= 11 is 0. The minimum atomic E-state index is -4.22. The minimum absolute atomic E-state index is 0.0233. The molecule has 1 amide bonds. The molecule has 0 radical (unpaired) electrons. The van der Waals surface area contributed by atoms with Crippen LogP contribution in [0, 0.1) is 0 Å². The number of rotatable bonds is 11. The van der Waals surface area contributed by atoms with Crippen molar-refractivity contribution in [2.45, 2.75) is 44.1 Å². The molecular formula is C29H35N5O8S. The van der Waals surface area contributed by atoms with E-state index >= 15 is 0 Å². The molecule has 14 heteroatoms. The number of carboxylic acids is 1. The molecule has 230 valence electrons. The van der Waals surface area contributed by atoms with Crippen molar-refractivity contribution in [3.63, 3.8) is 0 Å². The Morgan fingerprint density at radius 2 is 1.65 bits per heavy atom. The molecule has 2 N–H and O–H groups in total. The Kier molecular flexibility index (Phi) is 9.28. The predicted octanol–water partition coefficient (Wildman–Crippen LogP) is 3.51. The highest BCUT2D eigenvalue weighted by Gasteiger charge is 2.29. The molecule has 4 rings (SSSR count). The van der Waals surface area contributed by atoms with Crippen LogP contribution >= 0.6 is 0 Å². The van der Waals surface area contributed by atoms with E-state index < -0.39 is 22.1 Å². The number of carbonyl (C=O) groups excluding carboxylic acids is 1. The summed E-state index contributed by atoms with van der Waals surface area (Å²) in [7, 11) is -2.78. The monoisotopic (exact) mass is 613 g/mol. The largest absolute Gasteiger partial charge is 0.493 e. The van der Waals surface area contributed by atoms with Crippen molar-refractivity contribution in [2.24, 2.45) is 0 Å². The number of carboxylic acid groups (broad SMARTS) is 1. The molecule has 3 aromatic rings. The number of benzene rings is 2. The molecule has 43 heavy (non-hydrogen) atoms. The third-order valence-electron chi connectivity index (χ3n) is 6.75. The topological polar surface area (TPSA) is 160 Å². The van der Waals surface area contributed by atoms with Gasteiger partial charge in [0.1, 0.15) is 0 Å². The van der Waals surface area contributed by atoms with Crippen LogP contribution in [0.1, 0.15) is 33.3 Å². The van der Waals surface area contributed by atoms with Gasteiger partial charge < -0.3 is 29.1 Å².